The molecule has 69 heavy (non-hydrogen) atoms. The number of hydrogen-bond donors (Lipinski definition) is 2. The molecular formula is C56H72O13. The van der Waals surface area contributed by atoms with Crippen molar-refractivity contribution in [2.24, 2.45) is 0 Å². The standard InChI is InChI=1S/C19H24O5.C18H22O4.C17H20O4.C2H6/c20-11-12-22-19(16-24-18-9-5-2-6-10-18)15-21-13-14-23-17-7-3-1-4-8-17;1-19-12-13-20-18(14-21-16-8-4-2-5-9-16)15-22-17-10-6-3-7-11-17;18-11-12-19-17(13-20-15-7-3-1-4-8-15)14-21-16-9-5-2-6-10-16;1-2/h1-10,19-20H,11-16H2;2-11,18H,12-15H2,1H3;1-10,17-18H,11-14H2;1-2H3. The van der Waals surface area contributed by atoms with E-state index >= 15 is 0 Å². The first-order valence-electron chi connectivity index (χ1n) is 23.4. The molecule has 0 radical (unpaired) electrons. The van der Waals surface area contributed by atoms with Gasteiger partial charge in [-0.1, -0.05) is 123 Å². The second kappa shape index (κ2) is 39.8. The molecule has 0 aliphatic heterocycles. The van der Waals surface area contributed by atoms with Gasteiger partial charge in [0.25, 0.3) is 0 Å². The number of hydrogen-bond acceptors (Lipinski definition) is 13. The third kappa shape index (κ3) is 28.7. The lowest BCUT2D eigenvalue weighted by atomic mass is 10.3. The van der Waals surface area contributed by atoms with Crippen LogP contribution in [-0.2, 0) is 23.7 Å². The maximum absolute atomic E-state index is 8.91. The largest absolute Gasteiger partial charge is 0.491 e. The van der Waals surface area contributed by atoms with Crippen LogP contribution in [0.4, 0.5) is 0 Å². The molecule has 13 nitrogen and oxygen atoms in total. The Kier molecular flexibility index (Phi) is 33.0. The Morgan fingerprint density at radius 3 is 0.841 bits per heavy atom. The number of aliphatic hydroxyl groups is 2. The number of ether oxygens (including phenoxy) is 11. The molecule has 0 fully saturated rings. The average Bonchev–Trinajstić information content (AvgIpc) is 3.42. The van der Waals surface area contributed by atoms with E-state index in [1.807, 2.05) is 196 Å². The van der Waals surface area contributed by atoms with E-state index in [0.717, 1.165) is 34.5 Å². The van der Waals surface area contributed by atoms with E-state index in [0.29, 0.717) is 66.1 Å². The fourth-order valence-corrected chi connectivity index (χ4v) is 5.65. The van der Waals surface area contributed by atoms with Crippen LogP contribution in [-0.4, -0.2) is 128 Å². The highest BCUT2D eigenvalue weighted by molar-refractivity contribution is 5.24. The summed E-state index contributed by atoms with van der Waals surface area (Å²) in [5.74, 6) is 4.82. The summed E-state index contributed by atoms with van der Waals surface area (Å²) < 4.78 is 61.5. The van der Waals surface area contributed by atoms with Crippen molar-refractivity contribution in [3.63, 3.8) is 0 Å². The minimum Gasteiger partial charge on any atom is -0.491 e. The van der Waals surface area contributed by atoms with Gasteiger partial charge in [-0.2, -0.15) is 0 Å². The summed E-state index contributed by atoms with van der Waals surface area (Å²) in [7, 11) is 1.65. The quantitative estimate of drug-likeness (QED) is 0.0401. The predicted molar refractivity (Wildman–Crippen MR) is 269 cm³/mol. The lowest BCUT2D eigenvalue weighted by Gasteiger charge is -2.19. The van der Waals surface area contributed by atoms with Gasteiger partial charge in [0.1, 0.15) is 92.5 Å². The van der Waals surface area contributed by atoms with Crippen LogP contribution in [0.5, 0.6) is 34.5 Å². The molecule has 1 atom stereocenters. The van der Waals surface area contributed by atoms with Gasteiger partial charge in [0.2, 0.25) is 0 Å². The van der Waals surface area contributed by atoms with Crippen LogP contribution < -0.4 is 28.4 Å². The van der Waals surface area contributed by atoms with Crippen LogP contribution in [0.25, 0.3) is 0 Å². The van der Waals surface area contributed by atoms with Gasteiger partial charge in [-0.05, 0) is 72.8 Å². The number of methoxy groups -OCH3 is 1. The summed E-state index contributed by atoms with van der Waals surface area (Å²) in [6.07, 6.45) is -0.637. The average molecular weight is 953 g/mol. The molecule has 374 valence electrons. The van der Waals surface area contributed by atoms with Crippen molar-refractivity contribution < 1.29 is 62.3 Å². The maximum Gasteiger partial charge on any atom is 0.125 e. The smallest absolute Gasteiger partial charge is 0.125 e. The van der Waals surface area contributed by atoms with Crippen molar-refractivity contribution in [3.05, 3.63) is 182 Å². The fourth-order valence-electron chi connectivity index (χ4n) is 5.65. The van der Waals surface area contributed by atoms with Crippen LogP contribution in [0.3, 0.4) is 0 Å². The van der Waals surface area contributed by atoms with E-state index in [1.54, 1.807) is 7.11 Å². The SMILES string of the molecule is CC.COCCOC(COc1ccccc1)COc1ccccc1.OCCOC(COCCOc1ccccc1)COc1ccccc1.OCCOC(COc1ccccc1)COc1ccccc1. The van der Waals surface area contributed by atoms with Crippen molar-refractivity contribution in [1.29, 1.82) is 0 Å². The van der Waals surface area contributed by atoms with Crippen LogP contribution in [0, 0.1) is 0 Å². The highest BCUT2D eigenvalue weighted by Crippen LogP contribution is 2.15. The molecule has 0 spiro atoms. The van der Waals surface area contributed by atoms with Crippen molar-refractivity contribution in [1.82, 2.24) is 0 Å². The molecule has 0 saturated carbocycles. The zero-order valence-corrected chi connectivity index (χ0v) is 40.3. The third-order valence-electron chi connectivity index (χ3n) is 8.97. The Morgan fingerprint density at radius 2 is 0.565 bits per heavy atom. The lowest BCUT2D eigenvalue weighted by molar-refractivity contribution is -0.0498. The normalized spacial score (nSPS) is 10.8. The Bertz CT molecular complexity index is 1900. The zero-order chi connectivity index (χ0) is 49.1. The molecule has 13 heteroatoms. The zero-order valence-electron chi connectivity index (χ0n) is 40.3. The summed E-state index contributed by atoms with van der Waals surface area (Å²) in [5, 5.41) is 17.8. The lowest BCUT2D eigenvalue weighted by Crippen LogP contribution is -2.30. The fraction of sp³-hybridized carbons (Fsp3) is 0.357. The van der Waals surface area contributed by atoms with Gasteiger partial charge in [-0.15, -0.1) is 0 Å². The van der Waals surface area contributed by atoms with Crippen LogP contribution in [0.1, 0.15) is 13.8 Å². The van der Waals surface area contributed by atoms with E-state index in [4.69, 9.17) is 62.3 Å². The minimum atomic E-state index is -0.242. The number of rotatable bonds is 31. The van der Waals surface area contributed by atoms with Gasteiger partial charge in [0, 0.05) is 7.11 Å². The molecule has 0 aliphatic carbocycles. The first kappa shape index (κ1) is 57.2. The van der Waals surface area contributed by atoms with E-state index in [9.17, 15) is 0 Å². The molecule has 6 aromatic carbocycles. The Balaban J connectivity index is 0.000000269. The number of para-hydroxylation sites is 6. The number of benzene rings is 6. The van der Waals surface area contributed by atoms with Crippen molar-refractivity contribution >= 4 is 0 Å². The summed E-state index contributed by atoms with van der Waals surface area (Å²) in [6.45, 7) is 8.81. The second-order valence-corrected chi connectivity index (χ2v) is 14.3. The summed E-state index contributed by atoms with van der Waals surface area (Å²) in [6, 6.07) is 57.6. The molecular weight excluding hydrogens is 881 g/mol. The van der Waals surface area contributed by atoms with E-state index in [2.05, 4.69) is 0 Å². The van der Waals surface area contributed by atoms with Crippen molar-refractivity contribution in [2.75, 3.05) is 99.6 Å². The molecule has 1 unspecified atom stereocenters. The monoisotopic (exact) mass is 952 g/mol. The first-order valence-corrected chi connectivity index (χ1v) is 23.4. The molecule has 0 aromatic heterocycles. The highest BCUT2D eigenvalue weighted by atomic mass is 16.6. The second-order valence-electron chi connectivity index (χ2n) is 14.3. The van der Waals surface area contributed by atoms with Gasteiger partial charge in [0.15, 0.2) is 0 Å². The summed E-state index contributed by atoms with van der Waals surface area (Å²) in [5.41, 5.74) is 0. The summed E-state index contributed by atoms with van der Waals surface area (Å²) in [4.78, 5) is 0. The molecule has 6 rings (SSSR count). The Hall–Kier alpha value is -6.16. The predicted octanol–water partition coefficient (Wildman–Crippen LogP) is 9.26. The topological polar surface area (TPSA) is 142 Å². The van der Waals surface area contributed by atoms with Gasteiger partial charge in [-0.3, -0.25) is 0 Å². The van der Waals surface area contributed by atoms with Crippen LogP contribution in [0.2, 0.25) is 0 Å². The molecule has 0 aliphatic rings. The van der Waals surface area contributed by atoms with Crippen LogP contribution >= 0.6 is 0 Å². The maximum atomic E-state index is 8.91. The van der Waals surface area contributed by atoms with E-state index < -0.39 is 0 Å². The minimum absolute atomic E-state index is 0.0207. The van der Waals surface area contributed by atoms with Crippen molar-refractivity contribution in [2.45, 2.75) is 32.2 Å². The van der Waals surface area contributed by atoms with Gasteiger partial charge in [0.05, 0.1) is 52.9 Å². The third-order valence-corrected chi connectivity index (χ3v) is 8.97. The molecule has 6 aromatic rings. The molecule has 0 saturated heterocycles. The molecule has 0 amide bonds. The van der Waals surface area contributed by atoms with Crippen LogP contribution in [0.15, 0.2) is 182 Å². The van der Waals surface area contributed by atoms with E-state index in [-0.39, 0.29) is 44.7 Å². The number of aliphatic hydroxyl groups excluding tert-OH is 2. The highest BCUT2D eigenvalue weighted by Gasteiger charge is 2.14. The first-order chi connectivity index (χ1) is 34.1. The molecule has 2 N–H and O–H groups in total. The molecule has 0 bridgehead atoms. The van der Waals surface area contributed by atoms with E-state index in [1.165, 1.54) is 0 Å². The molecule has 0 heterocycles. The Morgan fingerprint density at radius 1 is 0.304 bits per heavy atom. The van der Waals surface area contributed by atoms with Gasteiger partial charge < -0.3 is 62.3 Å². The van der Waals surface area contributed by atoms with Gasteiger partial charge >= 0.3 is 0 Å². The summed E-state index contributed by atoms with van der Waals surface area (Å²) >= 11 is 0. The Labute approximate surface area is 409 Å². The van der Waals surface area contributed by atoms with Crippen molar-refractivity contribution in [3.8, 4) is 34.5 Å². The van der Waals surface area contributed by atoms with Gasteiger partial charge in [-0.25, -0.2) is 0 Å².